The van der Waals surface area contributed by atoms with Gasteiger partial charge in [-0.25, -0.2) is 0 Å². The molecule has 0 saturated heterocycles. The van der Waals surface area contributed by atoms with Crippen LogP contribution in [0.4, 0.5) is 13.2 Å². The van der Waals surface area contributed by atoms with E-state index in [0.717, 1.165) is 6.07 Å². The van der Waals surface area contributed by atoms with Crippen LogP contribution in [0, 0.1) is 0 Å². The summed E-state index contributed by atoms with van der Waals surface area (Å²) in [5.74, 6) is 0. The lowest BCUT2D eigenvalue weighted by Gasteiger charge is -2.00. The number of hydrogen-bond acceptors (Lipinski definition) is 2. The first-order valence-electron chi connectivity index (χ1n) is 3.62. The Morgan fingerprint density at radius 1 is 1.46 bits per heavy atom. The van der Waals surface area contributed by atoms with E-state index in [1.165, 1.54) is 5.38 Å². The molecule has 1 heterocycles. The Morgan fingerprint density at radius 2 is 2.15 bits per heavy atom. The molecule has 0 aromatic carbocycles. The Morgan fingerprint density at radius 3 is 2.62 bits per heavy atom. The van der Waals surface area contributed by atoms with Crippen LogP contribution in [0.2, 0.25) is 0 Å². The van der Waals surface area contributed by atoms with Crippen LogP contribution in [0.3, 0.4) is 0 Å². The van der Waals surface area contributed by atoms with Crippen LogP contribution in [-0.4, -0.2) is 6.29 Å². The zero-order valence-electron chi connectivity index (χ0n) is 6.60. The molecule has 0 bridgehead atoms. The normalized spacial score (nSPS) is 11.6. The molecule has 0 spiro atoms. The predicted octanol–water partition coefficient (Wildman–Crippen LogP) is 2.90. The quantitative estimate of drug-likeness (QED) is 0.698. The third kappa shape index (κ3) is 2.84. The van der Waals surface area contributed by atoms with Crippen molar-refractivity contribution in [2.24, 2.45) is 0 Å². The number of hydrogen-bond donors (Lipinski definition) is 0. The fourth-order valence-corrected chi connectivity index (χ4v) is 1.70. The lowest BCUT2D eigenvalue weighted by Crippen LogP contribution is -2.00. The van der Waals surface area contributed by atoms with Gasteiger partial charge in [0.1, 0.15) is 11.2 Å². The molecular formula is C8H7F3OS. The van der Waals surface area contributed by atoms with Gasteiger partial charge < -0.3 is 4.79 Å². The first-order chi connectivity index (χ1) is 6.04. The average Bonchev–Trinajstić information content (AvgIpc) is 2.47. The van der Waals surface area contributed by atoms with Gasteiger partial charge in [-0.3, -0.25) is 0 Å². The maximum Gasteiger partial charge on any atom is 0.425 e. The number of aldehydes is 1. The van der Waals surface area contributed by atoms with Gasteiger partial charge in [-0.1, -0.05) is 0 Å². The number of aryl methyl sites for hydroxylation is 1. The molecule has 0 aliphatic rings. The summed E-state index contributed by atoms with van der Waals surface area (Å²) in [6, 6.07) is 1.09. The van der Waals surface area contributed by atoms with Crippen molar-refractivity contribution in [2.45, 2.75) is 19.0 Å². The number of carbonyl (C=O) groups excluding carboxylic acids is 1. The minimum atomic E-state index is -4.26. The number of alkyl halides is 3. The molecule has 0 aliphatic carbocycles. The number of thiophene rings is 1. The van der Waals surface area contributed by atoms with E-state index in [9.17, 15) is 18.0 Å². The first-order valence-corrected chi connectivity index (χ1v) is 4.50. The van der Waals surface area contributed by atoms with Crippen LogP contribution in [0.15, 0.2) is 11.4 Å². The number of rotatable bonds is 3. The third-order valence-electron chi connectivity index (χ3n) is 1.48. The Hall–Kier alpha value is -0.840. The van der Waals surface area contributed by atoms with Gasteiger partial charge in [0, 0.05) is 6.42 Å². The van der Waals surface area contributed by atoms with Gasteiger partial charge in [-0.05, 0) is 23.4 Å². The highest BCUT2D eigenvalue weighted by Gasteiger charge is 2.32. The number of carbonyl (C=O) groups is 1. The summed E-state index contributed by atoms with van der Waals surface area (Å²) in [7, 11) is 0. The fraction of sp³-hybridized carbons (Fsp3) is 0.375. The summed E-state index contributed by atoms with van der Waals surface area (Å²) in [5.41, 5.74) is 0.574. The van der Waals surface area contributed by atoms with E-state index in [2.05, 4.69) is 0 Å². The second kappa shape index (κ2) is 3.91. The van der Waals surface area contributed by atoms with Crippen LogP contribution in [0.25, 0.3) is 0 Å². The van der Waals surface area contributed by atoms with Crippen molar-refractivity contribution in [3.8, 4) is 0 Å². The van der Waals surface area contributed by atoms with Crippen LogP contribution in [-0.2, 0) is 17.4 Å². The molecule has 0 aliphatic heterocycles. The van der Waals surface area contributed by atoms with Crippen molar-refractivity contribution < 1.29 is 18.0 Å². The van der Waals surface area contributed by atoms with Crippen LogP contribution < -0.4 is 0 Å². The molecule has 1 nitrogen and oxygen atoms in total. The van der Waals surface area contributed by atoms with Crippen molar-refractivity contribution in [1.82, 2.24) is 0 Å². The van der Waals surface area contributed by atoms with E-state index in [-0.39, 0.29) is 6.42 Å². The summed E-state index contributed by atoms with van der Waals surface area (Å²) >= 11 is 0.666. The Labute approximate surface area is 77.2 Å². The highest BCUT2D eigenvalue weighted by molar-refractivity contribution is 7.10. The molecule has 1 aromatic rings. The van der Waals surface area contributed by atoms with E-state index >= 15 is 0 Å². The molecule has 0 unspecified atom stereocenters. The van der Waals surface area contributed by atoms with E-state index in [4.69, 9.17) is 0 Å². The Kier molecular flexibility index (Phi) is 3.08. The maximum absolute atomic E-state index is 12.1. The fourth-order valence-electron chi connectivity index (χ4n) is 0.881. The van der Waals surface area contributed by atoms with E-state index in [1.807, 2.05) is 0 Å². The topological polar surface area (TPSA) is 17.1 Å². The summed E-state index contributed by atoms with van der Waals surface area (Å²) < 4.78 is 36.2. The molecule has 5 heteroatoms. The first kappa shape index (κ1) is 10.2. The summed E-state index contributed by atoms with van der Waals surface area (Å²) in [6.45, 7) is 0. The molecule has 0 fully saturated rings. The smallest absolute Gasteiger partial charge is 0.303 e. The molecule has 72 valence electrons. The molecule has 1 aromatic heterocycles. The SMILES string of the molecule is O=CCCc1csc(C(F)(F)F)c1. The lowest BCUT2D eigenvalue weighted by atomic mass is 10.2. The van der Waals surface area contributed by atoms with Crippen LogP contribution in [0.5, 0.6) is 0 Å². The van der Waals surface area contributed by atoms with E-state index in [0.29, 0.717) is 29.6 Å². The molecular weight excluding hydrogens is 201 g/mol. The van der Waals surface area contributed by atoms with Gasteiger partial charge >= 0.3 is 6.18 Å². The van der Waals surface area contributed by atoms with E-state index < -0.39 is 11.1 Å². The van der Waals surface area contributed by atoms with Crippen LogP contribution in [0.1, 0.15) is 16.9 Å². The van der Waals surface area contributed by atoms with Crippen molar-refractivity contribution in [2.75, 3.05) is 0 Å². The second-order valence-electron chi connectivity index (χ2n) is 2.52. The highest BCUT2D eigenvalue weighted by atomic mass is 32.1. The van der Waals surface area contributed by atoms with Crippen molar-refractivity contribution >= 4 is 17.6 Å². The molecule has 13 heavy (non-hydrogen) atoms. The average molecular weight is 208 g/mol. The summed E-state index contributed by atoms with van der Waals surface area (Å²) in [6.07, 6.45) is -2.90. The largest absolute Gasteiger partial charge is 0.425 e. The van der Waals surface area contributed by atoms with Gasteiger partial charge in [0.15, 0.2) is 0 Å². The standard InChI is InChI=1S/C8H7F3OS/c9-8(10,11)7-4-6(5-13-7)2-1-3-12/h3-5H,1-2H2. The van der Waals surface area contributed by atoms with Crippen molar-refractivity contribution in [3.05, 3.63) is 21.9 Å². The van der Waals surface area contributed by atoms with Crippen LogP contribution >= 0.6 is 11.3 Å². The van der Waals surface area contributed by atoms with Gasteiger partial charge in [-0.15, -0.1) is 11.3 Å². The molecule has 0 amide bonds. The minimum Gasteiger partial charge on any atom is -0.303 e. The van der Waals surface area contributed by atoms with E-state index in [1.54, 1.807) is 0 Å². The molecule has 0 radical (unpaired) electrons. The third-order valence-corrected chi connectivity index (χ3v) is 2.51. The molecule has 1 rings (SSSR count). The van der Waals surface area contributed by atoms with Gasteiger partial charge in [0.25, 0.3) is 0 Å². The zero-order valence-corrected chi connectivity index (χ0v) is 7.41. The monoisotopic (exact) mass is 208 g/mol. The maximum atomic E-state index is 12.1. The summed E-state index contributed by atoms with van der Waals surface area (Å²) in [4.78, 5) is 9.36. The van der Waals surface area contributed by atoms with Crippen molar-refractivity contribution in [1.29, 1.82) is 0 Å². The van der Waals surface area contributed by atoms with Gasteiger partial charge in [-0.2, -0.15) is 13.2 Å². The highest BCUT2D eigenvalue weighted by Crippen LogP contribution is 2.34. The minimum absolute atomic E-state index is 0.272. The zero-order chi connectivity index (χ0) is 9.90. The summed E-state index contributed by atoms with van der Waals surface area (Å²) in [5, 5.41) is 1.44. The molecule has 0 N–H and O–H groups in total. The second-order valence-corrected chi connectivity index (χ2v) is 3.43. The molecule has 0 atom stereocenters. The Bertz CT molecular complexity index is 290. The van der Waals surface area contributed by atoms with Crippen molar-refractivity contribution in [3.63, 3.8) is 0 Å². The predicted molar refractivity (Wildman–Crippen MR) is 43.7 cm³/mol. The molecule has 0 saturated carbocycles. The Balaban J connectivity index is 2.69. The number of halogens is 3. The van der Waals surface area contributed by atoms with Gasteiger partial charge in [0.2, 0.25) is 0 Å². The van der Waals surface area contributed by atoms with Gasteiger partial charge in [0.05, 0.1) is 0 Å². The lowest BCUT2D eigenvalue weighted by molar-refractivity contribution is -0.134.